The molecule has 9 nitrogen and oxygen atoms in total. The number of aromatic nitrogens is 4. The predicted molar refractivity (Wildman–Crippen MR) is 97.0 cm³/mol. The maximum absolute atomic E-state index is 13.7. The van der Waals surface area contributed by atoms with Crippen molar-refractivity contribution in [1.29, 1.82) is 0 Å². The Kier molecular flexibility index (Phi) is 4.46. The largest absolute Gasteiger partial charge is 0.351 e. The number of nitrogens with zero attached hydrogens (tertiary/aromatic N) is 5. The van der Waals surface area contributed by atoms with E-state index < -0.39 is 12.1 Å². The minimum absolute atomic E-state index is 0.265. The molecule has 4 rings (SSSR count). The second-order valence-electron chi connectivity index (χ2n) is 6.85. The van der Waals surface area contributed by atoms with Crippen molar-refractivity contribution in [2.75, 3.05) is 23.3 Å². The van der Waals surface area contributed by atoms with Crippen molar-refractivity contribution < 1.29 is 14.0 Å². The number of rotatable bonds is 6. The molecule has 2 N–H and O–H groups in total. The molecule has 2 aromatic rings. The first-order valence-corrected chi connectivity index (χ1v) is 8.89. The fraction of sp³-hybridized carbons (Fsp3) is 0.471. The molecule has 2 aliphatic rings. The van der Waals surface area contributed by atoms with Gasteiger partial charge in [-0.25, -0.2) is 4.39 Å². The first kappa shape index (κ1) is 17.4. The standard InChI is InChI=1S/C17H20FN7O2/c1-10(15(27)19-9-26)6-11-7-20-25-14(11)22-16(21-13-2-3-13)23-17(25)24-5-4-12(18)8-24/h6-7,9,12-13H,2-5,8H2,1H3,(H,21,22)(H,19,26,27)/b10-6+. The lowest BCUT2D eigenvalue weighted by atomic mass is 10.2. The lowest BCUT2D eigenvalue weighted by Gasteiger charge is -2.18. The molecule has 1 saturated heterocycles. The number of fused-ring (bicyclic) bond motifs is 1. The van der Waals surface area contributed by atoms with E-state index in [0.29, 0.717) is 54.1 Å². The molecular weight excluding hydrogens is 353 g/mol. The van der Waals surface area contributed by atoms with Gasteiger partial charge in [-0.05, 0) is 32.3 Å². The Morgan fingerprint density at radius 1 is 1.33 bits per heavy atom. The van der Waals surface area contributed by atoms with Crippen molar-refractivity contribution in [1.82, 2.24) is 24.9 Å². The normalized spacial score (nSPS) is 20.1. The molecule has 142 valence electrons. The van der Waals surface area contributed by atoms with Crippen LogP contribution in [0.15, 0.2) is 11.8 Å². The van der Waals surface area contributed by atoms with Crippen LogP contribution in [0.5, 0.6) is 0 Å². The van der Waals surface area contributed by atoms with E-state index in [0.717, 1.165) is 12.8 Å². The number of imide groups is 1. The van der Waals surface area contributed by atoms with Crippen LogP contribution in [0.3, 0.4) is 0 Å². The molecule has 0 bridgehead atoms. The fourth-order valence-corrected chi connectivity index (χ4v) is 3.03. The highest BCUT2D eigenvalue weighted by Crippen LogP contribution is 2.27. The molecule has 1 saturated carbocycles. The molecule has 10 heteroatoms. The van der Waals surface area contributed by atoms with Gasteiger partial charge in [0.2, 0.25) is 18.3 Å². The third-order valence-corrected chi connectivity index (χ3v) is 4.62. The third-order valence-electron chi connectivity index (χ3n) is 4.62. The van der Waals surface area contributed by atoms with Gasteiger partial charge in [0.05, 0.1) is 12.7 Å². The van der Waals surface area contributed by atoms with Gasteiger partial charge in [0, 0.05) is 23.7 Å². The van der Waals surface area contributed by atoms with Crippen LogP contribution in [0.25, 0.3) is 11.7 Å². The van der Waals surface area contributed by atoms with Crippen LogP contribution in [0.1, 0.15) is 31.7 Å². The molecule has 0 aromatic carbocycles. The van der Waals surface area contributed by atoms with Gasteiger partial charge < -0.3 is 10.2 Å². The van der Waals surface area contributed by atoms with Gasteiger partial charge in [-0.3, -0.25) is 14.9 Å². The van der Waals surface area contributed by atoms with E-state index >= 15 is 0 Å². The number of hydrogen-bond donors (Lipinski definition) is 2. The minimum Gasteiger partial charge on any atom is -0.351 e. The molecule has 1 atom stereocenters. The summed E-state index contributed by atoms with van der Waals surface area (Å²) in [5.41, 5.74) is 1.48. The molecule has 0 spiro atoms. The summed E-state index contributed by atoms with van der Waals surface area (Å²) in [6, 6.07) is 0.356. The summed E-state index contributed by atoms with van der Waals surface area (Å²) in [7, 11) is 0. The van der Waals surface area contributed by atoms with Crippen molar-refractivity contribution in [2.45, 2.75) is 38.4 Å². The fourth-order valence-electron chi connectivity index (χ4n) is 3.03. The number of amides is 2. The lowest BCUT2D eigenvalue weighted by molar-refractivity contribution is -0.122. The van der Waals surface area contributed by atoms with Gasteiger partial charge in [-0.1, -0.05) is 0 Å². The van der Waals surface area contributed by atoms with Crippen LogP contribution in [0, 0.1) is 0 Å². The topological polar surface area (TPSA) is 105 Å². The van der Waals surface area contributed by atoms with Crippen LogP contribution >= 0.6 is 0 Å². The molecule has 1 unspecified atom stereocenters. The van der Waals surface area contributed by atoms with Crippen LogP contribution in [0.2, 0.25) is 0 Å². The lowest BCUT2D eigenvalue weighted by Crippen LogP contribution is -2.25. The van der Waals surface area contributed by atoms with E-state index in [4.69, 9.17) is 0 Å². The van der Waals surface area contributed by atoms with E-state index in [-0.39, 0.29) is 6.54 Å². The first-order chi connectivity index (χ1) is 13.0. The average molecular weight is 373 g/mol. The number of alkyl halides is 1. The van der Waals surface area contributed by atoms with Gasteiger partial charge in [0.1, 0.15) is 6.17 Å². The smallest absolute Gasteiger partial charge is 0.253 e. The quantitative estimate of drug-likeness (QED) is 0.573. The Labute approximate surface area is 154 Å². The second kappa shape index (κ2) is 6.93. The number of carbonyl (C=O) groups is 2. The van der Waals surface area contributed by atoms with Crippen molar-refractivity contribution in [3.05, 3.63) is 17.3 Å². The second-order valence-corrected chi connectivity index (χ2v) is 6.85. The van der Waals surface area contributed by atoms with E-state index in [9.17, 15) is 14.0 Å². The molecule has 2 aromatic heterocycles. The third kappa shape index (κ3) is 3.60. The van der Waals surface area contributed by atoms with E-state index in [1.54, 1.807) is 23.7 Å². The Morgan fingerprint density at radius 2 is 2.15 bits per heavy atom. The van der Waals surface area contributed by atoms with E-state index in [2.05, 4.69) is 25.7 Å². The van der Waals surface area contributed by atoms with Crippen molar-refractivity contribution in [3.63, 3.8) is 0 Å². The molecule has 3 heterocycles. The Bertz CT molecular complexity index is 921. The number of carbonyl (C=O) groups excluding carboxylic acids is 2. The van der Waals surface area contributed by atoms with Gasteiger partial charge in [-0.15, -0.1) is 0 Å². The zero-order chi connectivity index (χ0) is 19.0. The summed E-state index contributed by atoms with van der Waals surface area (Å²) in [6.45, 7) is 2.42. The highest BCUT2D eigenvalue weighted by Gasteiger charge is 2.28. The maximum atomic E-state index is 13.7. The number of halogens is 1. The molecule has 0 radical (unpaired) electrons. The summed E-state index contributed by atoms with van der Waals surface area (Å²) in [4.78, 5) is 33.2. The predicted octanol–water partition coefficient (Wildman–Crippen LogP) is 0.923. The van der Waals surface area contributed by atoms with Crippen LogP contribution in [-0.4, -0.2) is 57.2 Å². The van der Waals surface area contributed by atoms with E-state index in [1.165, 1.54) is 0 Å². The minimum atomic E-state index is -0.890. The summed E-state index contributed by atoms with van der Waals surface area (Å²) >= 11 is 0. The van der Waals surface area contributed by atoms with Crippen molar-refractivity contribution in [2.24, 2.45) is 0 Å². The van der Waals surface area contributed by atoms with Crippen LogP contribution in [-0.2, 0) is 9.59 Å². The highest BCUT2D eigenvalue weighted by atomic mass is 19.1. The SMILES string of the molecule is C/C(=C\c1cnn2c(N3CCC(F)C3)nc(NC3CC3)nc12)C(=O)NC=O. The van der Waals surface area contributed by atoms with Crippen molar-refractivity contribution in [3.8, 4) is 0 Å². The molecule has 2 fully saturated rings. The summed E-state index contributed by atoms with van der Waals surface area (Å²) in [6.07, 6.45) is 5.23. The zero-order valence-electron chi connectivity index (χ0n) is 14.9. The first-order valence-electron chi connectivity index (χ1n) is 8.89. The summed E-state index contributed by atoms with van der Waals surface area (Å²) in [5.74, 6) is 0.500. The van der Waals surface area contributed by atoms with Crippen molar-refractivity contribution >= 4 is 35.9 Å². The molecule has 2 amide bonds. The molecule has 27 heavy (non-hydrogen) atoms. The number of anilines is 2. The Hall–Kier alpha value is -3.04. The van der Waals surface area contributed by atoms with Gasteiger partial charge in [0.25, 0.3) is 5.91 Å². The number of hydrogen-bond acceptors (Lipinski definition) is 7. The van der Waals surface area contributed by atoms with Gasteiger partial charge >= 0.3 is 0 Å². The summed E-state index contributed by atoms with van der Waals surface area (Å²) in [5, 5.41) is 9.71. The van der Waals surface area contributed by atoms with Gasteiger partial charge in [-0.2, -0.15) is 19.6 Å². The van der Waals surface area contributed by atoms with Crippen LogP contribution < -0.4 is 15.5 Å². The molecule has 1 aliphatic heterocycles. The monoisotopic (exact) mass is 373 g/mol. The molecular formula is C17H20FN7O2. The zero-order valence-corrected chi connectivity index (χ0v) is 14.9. The highest BCUT2D eigenvalue weighted by molar-refractivity contribution is 6.02. The maximum Gasteiger partial charge on any atom is 0.253 e. The van der Waals surface area contributed by atoms with E-state index in [1.807, 2.05) is 4.90 Å². The van der Waals surface area contributed by atoms with Gasteiger partial charge in [0.15, 0.2) is 5.65 Å². The summed E-state index contributed by atoms with van der Waals surface area (Å²) < 4.78 is 15.3. The molecule has 1 aliphatic carbocycles. The number of nitrogens with one attached hydrogen (secondary N) is 2. The van der Waals surface area contributed by atoms with Crippen LogP contribution in [0.4, 0.5) is 16.3 Å². The average Bonchev–Trinajstić information content (AvgIpc) is 3.21. The Morgan fingerprint density at radius 3 is 2.81 bits per heavy atom. The Balaban J connectivity index is 1.76.